The minimum Gasteiger partial charge on any atom is -0.300 e. The van der Waals surface area contributed by atoms with Crippen molar-refractivity contribution in [3.63, 3.8) is 0 Å². The van der Waals surface area contributed by atoms with Gasteiger partial charge in [-0.25, -0.2) is 4.98 Å². The lowest BCUT2D eigenvalue weighted by Crippen LogP contribution is -2.01. The van der Waals surface area contributed by atoms with Crippen LogP contribution in [0.1, 0.15) is 12.6 Å². The fourth-order valence-electron chi connectivity index (χ4n) is 3.04. The number of imidazole rings is 1. The summed E-state index contributed by atoms with van der Waals surface area (Å²) < 4.78 is 2.11. The van der Waals surface area contributed by atoms with Crippen LogP contribution in [-0.2, 0) is 11.2 Å². The number of nitrogens with zero attached hydrogens (tertiary/aromatic N) is 2. The lowest BCUT2D eigenvalue weighted by atomic mass is 10.1. The highest BCUT2D eigenvalue weighted by atomic mass is 35.5. The Morgan fingerprint density at radius 3 is 2.36 bits per heavy atom. The Morgan fingerprint density at radius 1 is 1.00 bits per heavy atom. The molecule has 0 bridgehead atoms. The molecule has 2 aromatic carbocycles. The van der Waals surface area contributed by atoms with Crippen LogP contribution in [0.3, 0.4) is 0 Å². The maximum atomic E-state index is 11.5. The number of hydrogen-bond acceptors (Lipinski definition) is 2. The number of Topliss-reactive ketones (excluding diaryl/α,β-unsaturated/α-hetero) is 1. The highest BCUT2D eigenvalue weighted by molar-refractivity contribution is 6.11. The zero-order valence-corrected chi connectivity index (χ0v) is 12.9. The van der Waals surface area contributed by atoms with E-state index in [-0.39, 0.29) is 18.2 Å². The SMILES string of the molecule is CC(=O)Cc1cnc2c3ccccc3c3ccccc3n12.Cl. The van der Waals surface area contributed by atoms with Crippen molar-refractivity contribution < 1.29 is 4.79 Å². The van der Waals surface area contributed by atoms with E-state index in [2.05, 4.69) is 33.7 Å². The van der Waals surface area contributed by atoms with Gasteiger partial charge in [-0.05, 0) is 18.4 Å². The quantitative estimate of drug-likeness (QED) is 0.520. The Balaban J connectivity index is 0.00000144. The summed E-state index contributed by atoms with van der Waals surface area (Å²) in [5.74, 6) is 0.147. The second-order valence-electron chi connectivity index (χ2n) is 5.35. The lowest BCUT2D eigenvalue weighted by Gasteiger charge is -2.09. The standard InChI is InChI=1S/C18H14N2O.ClH/c1-12(21)10-13-11-19-18-16-8-3-2-6-14(16)15-7-4-5-9-17(15)20(13)18;/h2-9,11H,10H2,1H3;1H. The van der Waals surface area contributed by atoms with Crippen molar-refractivity contribution in [1.29, 1.82) is 0 Å². The van der Waals surface area contributed by atoms with Gasteiger partial charge >= 0.3 is 0 Å². The van der Waals surface area contributed by atoms with Gasteiger partial charge in [-0.1, -0.05) is 42.5 Å². The summed E-state index contributed by atoms with van der Waals surface area (Å²) in [5, 5.41) is 3.50. The van der Waals surface area contributed by atoms with Crippen molar-refractivity contribution in [2.75, 3.05) is 0 Å². The molecule has 3 nitrogen and oxygen atoms in total. The number of halogens is 1. The van der Waals surface area contributed by atoms with Crippen molar-refractivity contribution in [2.45, 2.75) is 13.3 Å². The van der Waals surface area contributed by atoms with Crippen LogP contribution in [0.5, 0.6) is 0 Å². The summed E-state index contributed by atoms with van der Waals surface area (Å²) in [6, 6.07) is 16.5. The molecular weight excluding hydrogens is 296 g/mol. The van der Waals surface area contributed by atoms with Gasteiger partial charge in [0.1, 0.15) is 11.4 Å². The van der Waals surface area contributed by atoms with Gasteiger partial charge in [0.15, 0.2) is 0 Å². The van der Waals surface area contributed by atoms with Gasteiger partial charge < -0.3 is 0 Å². The van der Waals surface area contributed by atoms with E-state index in [1.807, 2.05) is 30.5 Å². The van der Waals surface area contributed by atoms with E-state index in [0.717, 1.165) is 22.2 Å². The number of benzene rings is 2. The van der Waals surface area contributed by atoms with Crippen molar-refractivity contribution in [3.05, 3.63) is 60.4 Å². The Bertz CT molecular complexity index is 1000. The lowest BCUT2D eigenvalue weighted by molar-refractivity contribution is -0.116. The van der Waals surface area contributed by atoms with Crippen molar-refractivity contribution in [2.24, 2.45) is 0 Å². The van der Waals surface area contributed by atoms with Gasteiger partial charge in [0.25, 0.3) is 0 Å². The molecule has 0 aliphatic carbocycles. The van der Waals surface area contributed by atoms with E-state index in [0.29, 0.717) is 6.42 Å². The van der Waals surface area contributed by atoms with E-state index >= 15 is 0 Å². The molecule has 0 saturated carbocycles. The zero-order chi connectivity index (χ0) is 14.4. The monoisotopic (exact) mass is 310 g/mol. The summed E-state index contributed by atoms with van der Waals surface area (Å²) in [6.45, 7) is 1.61. The zero-order valence-electron chi connectivity index (χ0n) is 12.1. The maximum absolute atomic E-state index is 11.5. The van der Waals surface area contributed by atoms with E-state index in [9.17, 15) is 4.79 Å². The molecule has 0 saturated heterocycles. The number of carbonyl (C=O) groups excluding carboxylic acids is 1. The van der Waals surface area contributed by atoms with E-state index < -0.39 is 0 Å². The smallest absolute Gasteiger partial charge is 0.145 e. The topological polar surface area (TPSA) is 34.4 Å². The maximum Gasteiger partial charge on any atom is 0.145 e. The molecule has 2 aromatic heterocycles. The number of carbonyl (C=O) groups is 1. The molecule has 2 heterocycles. The van der Waals surface area contributed by atoms with Crippen LogP contribution in [0.15, 0.2) is 54.7 Å². The number of pyridine rings is 1. The Kier molecular flexibility index (Phi) is 3.59. The summed E-state index contributed by atoms with van der Waals surface area (Å²) >= 11 is 0. The summed E-state index contributed by atoms with van der Waals surface area (Å²) in [6.07, 6.45) is 2.22. The van der Waals surface area contributed by atoms with Crippen LogP contribution in [-0.4, -0.2) is 15.2 Å². The van der Waals surface area contributed by atoms with Gasteiger partial charge in [-0.3, -0.25) is 9.20 Å². The minimum absolute atomic E-state index is 0. The second kappa shape index (κ2) is 5.43. The first kappa shape index (κ1) is 14.5. The average molecular weight is 311 g/mol. The van der Waals surface area contributed by atoms with Crippen LogP contribution >= 0.6 is 12.4 Å². The van der Waals surface area contributed by atoms with Crippen LogP contribution < -0.4 is 0 Å². The van der Waals surface area contributed by atoms with Gasteiger partial charge in [0, 0.05) is 23.4 Å². The number of para-hydroxylation sites is 1. The average Bonchev–Trinajstić information content (AvgIpc) is 2.91. The molecule has 0 amide bonds. The molecule has 0 unspecified atom stereocenters. The molecule has 4 aromatic rings. The molecule has 0 fully saturated rings. The number of hydrogen-bond donors (Lipinski definition) is 0. The molecule has 0 aliphatic rings. The first-order chi connectivity index (χ1) is 10.3. The number of ketones is 1. The molecule has 0 atom stereocenters. The third kappa shape index (κ3) is 2.06. The van der Waals surface area contributed by atoms with Crippen molar-refractivity contribution >= 4 is 45.5 Å². The minimum atomic E-state index is 0. The van der Waals surface area contributed by atoms with Crippen molar-refractivity contribution in [1.82, 2.24) is 9.38 Å². The third-order valence-electron chi connectivity index (χ3n) is 3.87. The molecule has 4 heteroatoms. The Labute approximate surface area is 134 Å². The van der Waals surface area contributed by atoms with Crippen LogP contribution in [0.2, 0.25) is 0 Å². The third-order valence-corrected chi connectivity index (χ3v) is 3.87. The molecule has 110 valence electrons. The van der Waals surface area contributed by atoms with E-state index in [1.165, 1.54) is 10.8 Å². The van der Waals surface area contributed by atoms with Gasteiger partial charge in [0.2, 0.25) is 0 Å². The summed E-state index contributed by atoms with van der Waals surface area (Å²) in [5.41, 5.74) is 2.96. The molecule has 4 rings (SSSR count). The summed E-state index contributed by atoms with van der Waals surface area (Å²) in [4.78, 5) is 16.1. The first-order valence-corrected chi connectivity index (χ1v) is 7.01. The molecule has 22 heavy (non-hydrogen) atoms. The Hall–Kier alpha value is -2.39. The first-order valence-electron chi connectivity index (χ1n) is 7.01. The molecule has 0 N–H and O–H groups in total. The fraction of sp³-hybridized carbons (Fsp3) is 0.111. The fourth-order valence-corrected chi connectivity index (χ4v) is 3.04. The largest absolute Gasteiger partial charge is 0.300 e. The predicted octanol–water partition coefficient (Wildman–Crippen LogP) is 4.19. The number of aromatic nitrogens is 2. The summed E-state index contributed by atoms with van der Waals surface area (Å²) in [7, 11) is 0. The van der Waals surface area contributed by atoms with E-state index in [1.54, 1.807) is 6.92 Å². The highest BCUT2D eigenvalue weighted by Gasteiger charge is 2.13. The second-order valence-corrected chi connectivity index (χ2v) is 5.35. The van der Waals surface area contributed by atoms with Crippen LogP contribution in [0.25, 0.3) is 27.3 Å². The van der Waals surface area contributed by atoms with Gasteiger partial charge in [0.05, 0.1) is 11.2 Å². The van der Waals surface area contributed by atoms with Gasteiger partial charge in [-0.2, -0.15) is 0 Å². The van der Waals surface area contributed by atoms with Gasteiger partial charge in [-0.15, -0.1) is 12.4 Å². The Morgan fingerprint density at radius 2 is 1.64 bits per heavy atom. The van der Waals surface area contributed by atoms with Crippen LogP contribution in [0.4, 0.5) is 0 Å². The molecule has 0 spiro atoms. The van der Waals surface area contributed by atoms with E-state index in [4.69, 9.17) is 0 Å². The van der Waals surface area contributed by atoms with Crippen molar-refractivity contribution in [3.8, 4) is 0 Å². The number of rotatable bonds is 2. The molecular formula is C18H15ClN2O. The highest BCUT2D eigenvalue weighted by Crippen LogP contribution is 2.29. The van der Waals surface area contributed by atoms with Crippen LogP contribution in [0, 0.1) is 0 Å². The normalized spacial score (nSPS) is 11.0. The predicted molar refractivity (Wildman–Crippen MR) is 91.8 cm³/mol. The molecule has 0 radical (unpaired) electrons. The number of fused-ring (bicyclic) bond motifs is 6. The molecule has 0 aliphatic heterocycles.